The van der Waals surface area contributed by atoms with E-state index in [4.69, 9.17) is 9.15 Å². The van der Waals surface area contributed by atoms with Crippen LogP contribution in [0.15, 0.2) is 41.0 Å². The Morgan fingerprint density at radius 2 is 2.18 bits per heavy atom. The molecule has 1 N–H and O–H groups in total. The molecule has 0 radical (unpaired) electrons. The molecule has 1 aromatic carbocycles. The van der Waals surface area contributed by atoms with Crippen molar-refractivity contribution in [3.8, 4) is 5.75 Å². The molecule has 0 aliphatic carbocycles. The van der Waals surface area contributed by atoms with Crippen molar-refractivity contribution in [2.75, 3.05) is 6.61 Å². The molecule has 0 saturated heterocycles. The summed E-state index contributed by atoms with van der Waals surface area (Å²) >= 11 is 0. The van der Waals surface area contributed by atoms with E-state index >= 15 is 0 Å². The summed E-state index contributed by atoms with van der Waals surface area (Å²) in [6.45, 7) is 2.44. The second-order valence-corrected chi connectivity index (χ2v) is 4.22. The number of nitrogens with one attached hydrogen (secondary N) is 1. The van der Waals surface area contributed by atoms with Gasteiger partial charge in [-0.3, -0.25) is 0 Å². The van der Waals surface area contributed by atoms with Gasteiger partial charge in [-0.2, -0.15) is 0 Å². The Bertz CT molecular complexity index is 491. The quantitative estimate of drug-likeness (QED) is 0.874. The third-order valence-corrected chi connectivity index (χ3v) is 2.96. The van der Waals surface area contributed by atoms with Gasteiger partial charge in [0.2, 0.25) is 0 Å². The lowest BCUT2D eigenvalue weighted by Crippen LogP contribution is -2.12. The van der Waals surface area contributed by atoms with Crippen LogP contribution in [-0.2, 0) is 19.5 Å². The van der Waals surface area contributed by atoms with Crippen molar-refractivity contribution in [2.45, 2.75) is 19.5 Å². The molecule has 17 heavy (non-hydrogen) atoms. The highest BCUT2D eigenvalue weighted by Gasteiger charge is 2.11. The standard InChI is InChI=1S/C14H15NO2/c1-2-13(16-6-1)10-15-9-11-3-4-14-12(8-11)5-7-17-14/h1-4,6,8,15H,5,7,9-10H2. The molecule has 3 nitrogen and oxygen atoms in total. The van der Waals surface area contributed by atoms with Crippen molar-refractivity contribution in [3.63, 3.8) is 0 Å². The number of fused-ring (bicyclic) bond motifs is 1. The van der Waals surface area contributed by atoms with Crippen LogP contribution in [0.3, 0.4) is 0 Å². The SMILES string of the molecule is c1coc(CNCc2ccc3c(c2)CCO3)c1. The molecule has 88 valence electrons. The summed E-state index contributed by atoms with van der Waals surface area (Å²) in [5, 5.41) is 3.36. The summed E-state index contributed by atoms with van der Waals surface area (Å²) in [5.41, 5.74) is 2.61. The van der Waals surface area contributed by atoms with Gasteiger partial charge < -0.3 is 14.5 Å². The maximum atomic E-state index is 5.48. The summed E-state index contributed by atoms with van der Waals surface area (Å²) in [6, 6.07) is 10.3. The zero-order valence-electron chi connectivity index (χ0n) is 9.61. The number of hydrogen-bond acceptors (Lipinski definition) is 3. The Balaban J connectivity index is 1.58. The number of rotatable bonds is 4. The predicted octanol–water partition coefficient (Wildman–Crippen LogP) is 2.50. The van der Waals surface area contributed by atoms with E-state index < -0.39 is 0 Å². The fraction of sp³-hybridized carbons (Fsp3) is 0.286. The molecule has 0 fully saturated rings. The number of hydrogen-bond donors (Lipinski definition) is 1. The third kappa shape index (κ3) is 2.34. The average molecular weight is 229 g/mol. The van der Waals surface area contributed by atoms with Gasteiger partial charge in [0.1, 0.15) is 11.5 Å². The van der Waals surface area contributed by atoms with Crippen LogP contribution in [0, 0.1) is 0 Å². The van der Waals surface area contributed by atoms with Crippen LogP contribution in [0.4, 0.5) is 0 Å². The fourth-order valence-corrected chi connectivity index (χ4v) is 2.09. The highest BCUT2D eigenvalue weighted by Crippen LogP contribution is 2.25. The van der Waals surface area contributed by atoms with E-state index in [0.29, 0.717) is 0 Å². The summed E-state index contributed by atoms with van der Waals surface area (Å²) in [4.78, 5) is 0. The molecule has 1 aliphatic rings. The molecule has 0 saturated carbocycles. The molecule has 0 amide bonds. The first-order valence-electron chi connectivity index (χ1n) is 5.89. The van der Waals surface area contributed by atoms with Crippen molar-refractivity contribution < 1.29 is 9.15 Å². The molecule has 1 aromatic heterocycles. The fourth-order valence-electron chi connectivity index (χ4n) is 2.09. The third-order valence-electron chi connectivity index (χ3n) is 2.96. The maximum absolute atomic E-state index is 5.48. The molecule has 1 aliphatic heterocycles. The van der Waals surface area contributed by atoms with Gasteiger partial charge in [0.05, 0.1) is 19.4 Å². The highest BCUT2D eigenvalue weighted by molar-refractivity contribution is 5.39. The van der Waals surface area contributed by atoms with Crippen LogP contribution < -0.4 is 10.1 Å². The van der Waals surface area contributed by atoms with Gasteiger partial charge in [0.15, 0.2) is 0 Å². The molecule has 0 spiro atoms. The Morgan fingerprint density at radius 3 is 3.06 bits per heavy atom. The van der Waals surface area contributed by atoms with Gasteiger partial charge in [0, 0.05) is 13.0 Å². The van der Waals surface area contributed by atoms with Gasteiger partial charge in [-0.25, -0.2) is 0 Å². The lowest BCUT2D eigenvalue weighted by Gasteiger charge is -2.05. The normalized spacial score (nSPS) is 13.4. The van der Waals surface area contributed by atoms with Crippen LogP contribution in [0.2, 0.25) is 0 Å². The van der Waals surface area contributed by atoms with Gasteiger partial charge >= 0.3 is 0 Å². The van der Waals surface area contributed by atoms with Crippen LogP contribution in [0.5, 0.6) is 5.75 Å². The summed E-state index contributed by atoms with van der Waals surface area (Å²) < 4.78 is 10.7. The van der Waals surface area contributed by atoms with Crippen LogP contribution in [0.1, 0.15) is 16.9 Å². The van der Waals surface area contributed by atoms with Crippen molar-refractivity contribution in [1.82, 2.24) is 5.32 Å². The molecule has 0 atom stereocenters. The minimum Gasteiger partial charge on any atom is -0.493 e. The lowest BCUT2D eigenvalue weighted by atomic mass is 10.1. The van der Waals surface area contributed by atoms with Crippen molar-refractivity contribution in [3.05, 3.63) is 53.5 Å². The average Bonchev–Trinajstić information content (AvgIpc) is 2.98. The van der Waals surface area contributed by atoms with E-state index in [1.165, 1.54) is 11.1 Å². The Hall–Kier alpha value is -1.74. The molecule has 0 bridgehead atoms. The molecule has 2 heterocycles. The van der Waals surface area contributed by atoms with E-state index in [1.807, 2.05) is 12.1 Å². The number of furan rings is 1. The Morgan fingerprint density at radius 1 is 1.18 bits per heavy atom. The van der Waals surface area contributed by atoms with Crippen molar-refractivity contribution >= 4 is 0 Å². The second-order valence-electron chi connectivity index (χ2n) is 4.22. The second kappa shape index (κ2) is 4.63. The van der Waals surface area contributed by atoms with Crippen LogP contribution >= 0.6 is 0 Å². The maximum Gasteiger partial charge on any atom is 0.122 e. The summed E-state index contributed by atoms with van der Waals surface area (Å²) in [7, 11) is 0. The number of ether oxygens (including phenoxy) is 1. The molecular weight excluding hydrogens is 214 g/mol. The monoisotopic (exact) mass is 229 g/mol. The highest BCUT2D eigenvalue weighted by atomic mass is 16.5. The van der Waals surface area contributed by atoms with Crippen molar-refractivity contribution in [2.24, 2.45) is 0 Å². The van der Waals surface area contributed by atoms with Crippen LogP contribution in [-0.4, -0.2) is 6.61 Å². The first kappa shape index (κ1) is 10.4. The van der Waals surface area contributed by atoms with Gasteiger partial charge in [-0.1, -0.05) is 12.1 Å². The minimum atomic E-state index is 0.764. The summed E-state index contributed by atoms with van der Waals surface area (Å²) in [6.07, 6.45) is 2.73. The van der Waals surface area contributed by atoms with E-state index in [-0.39, 0.29) is 0 Å². The van der Waals surface area contributed by atoms with E-state index in [1.54, 1.807) is 6.26 Å². The van der Waals surface area contributed by atoms with Crippen molar-refractivity contribution in [1.29, 1.82) is 0 Å². The largest absolute Gasteiger partial charge is 0.493 e. The molecule has 3 heteroatoms. The lowest BCUT2D eigenvalue weighted by molar-refractivity contribution is 0.357. The zero-order valence-corrected chi connectivity index (χ0v) is 9.61. The predicted molar refractivity (Wildman–Crippen MR) is 64.9 cm³/mol. The minimum absolute atomic E-state index is 0.764. The number of benzene rings is 1. The molecular formula is C14H15NO2. The molecule has 0 unspecified atom stereocenters. The van der Waals surface area contributed by atoms with E-state index in [9.17, 15) is 0 Å². The summed E-state index contributed by atoms with van der Waals surface area (Å²) in [5.74, 6) is 2.01. The smallest absolute Gasteiger partial charge is 0.122 e. The van der Waals surface area contributed by atoms with Crippen LogP contribution in [0.25, 0.3) is 0 Å². The van der Waals surface area contributed by atoms with Gasteiger partial charge in [0.25, 0.3) is 0 Å². The zero-order chi connectivity index (χ0) is 11.5. The topological polar surface area (TPSA) is 34.4 Å². The van der Waals surface area contributed by atoms with E-state index in [2.05, 4.69) is 23.5 Å². The first-order valence-corrected chi connectivity index (χ1v) is 5.89. The molecule has 3 rings (SSSR count). The van der Waals surface area contributed by atoms with Gasteiger partial charge in [-0.05, 0) is 29.3 Å². The molecule has 2 aromatic rings. The Labute approximate surface area is 100 Å². The Kier molecular flexibility index (Phi) is 2.84. The van der Waals surface area contributed by atoms with E-state index in [0.717, 1.165) is 37.6 Å². The first-order chi connectivity index (χ1) is 8.42. The van der Waals surface area contributed by atoms with Gasteiger partial charge in [-0.15, -0.1) is 0 Å².